The van der Waals surface area contributed by atoms with Crippen LogP contribution in [0.1, 0.15) is 36.2 Å². The van der Waals surface area contributed by atoms with E-state index in [1.54, 1.807) is 30.3 Å². The maximum Gasteiger partial charge on any atom is 0.326 e. The molecule has 0 aliphatic heterocycles. The summed E-state index contributed by atoms with van der Waals surface area (Å²) < 4.78 is 0. The Morgan fingerprint density at radius 3 is 1.96 bits per heavy atom. The first-order chi connectivity index (χ1) is 13.4. The Hall–Kier alpha value is -3.15. The number of benzene rings is 2. The van der Waals surface area contributed by atoms with Crippen molar-refractivity contribution >= 4 is 17.8 Å². The van der Waals surface area contributed by atoms with Crippen molar-refractivity contribution in [1.82, 2.24) is 10.6 Å². The van der Waals surface area contributed by atoms with Gasteiger partial charge in [0.2, 0.25) is 5.91 Å². The second kappa shape index (κ2) is 10.3. The monoisotopic (exact) mass is 383 g/mol. The molecule has 28 heavy (non-hydrogen) atoms. The second-order valence-corrected chi connectivity index (χ2v) is 7.11. The smallest absolute Gasteiger partial charge is 0.326 e. The highest BCUT2D eigenvalue weighted by Gasteiger charge is 2.27. The molecular formula is C22H26N2O4. The summed E-state index contributed by atoms with van der Waals surface area (Å²) in [7, 11) is 0. The molecule has 0 spiro atoms. The molecule has 0 bridgehead atoms. The van der Waals surface area contributed by atoms with E-state index in [0.717, 1.165) is 5.56 Å². The first kappa shape index (κ1) is 21.2. The van der Waals surface area contributed by atoms with E-state index in [-0.39, 0.29) is 18.2 Å². The number of amides is 2. The molecule has 6 nitrogen and oxygen atoms in total. The number of carbonyl (C=O) groups excluding carboxylic acids is 2. The molecule has 0 aliphatic rings. The van der Waals surface area contributed by atoms with E-state index in [1.165, 1.54) is 0 Å². The lowest BCUT2D eigenvalue weighted by molar-refractivity contribution is -0.142. The molecule has 0 heterocycles. The van der Waals surface area contributed by atoms with Gasteiger partial charge in [-0.15, -0.1) is 0 Å². The third kappa shape index (κ3) is 6.54. The minimum atomic E-state index is -1.09. The summed E-state index contributed by atoms with van der Waals surface area (Å²) in [6.45, 7) is 3.78. The molecule has 2 aromatic carbocycles. The van der Waals surface area contributed by atoms with Gasteiger partial charge in [-0.2, -0.15) is 0 Å². The third-order valence-electron chi connectivity index (χ3n) is 4.26. The van der Waals surface area contributed by atoms with Crippen LogP contribution in [0.4, 0.5) is 0 Å². The molecule has 3 N–H and O–H groups in total. The van der Waals surface area contributed by atoms with Gasteiger partial charge in [0.25, 0.3) is 5.91 Å². The lowest BCUT2D eigenvalue weighted by atomic mass is 10.0. The van der Waals surface area contributed by atoms with Gasteiger partial charge < -0.3 is 15.7 Å². The van der Waals surface area contributed by atoms with Crippen LogP contribution in [-0.4, -0.2) is 35.0 Å². The Morgan fingerprint density at radius 2 is 1.43 bits per heavy atom. The summed E-state index contributed by atoms with van der Waals surface area (Å²) in [5.41, 5.74) is 1.30. The van der Waals surface area contributed by atoms with Crippen LogP contribution in [0.3, 0.4) is 0 Å². The van der Waals surface area contributed by atoms with Crippen molar-refractivity contribution in [2.24, 2.45) is 5.92 Å². The number of carboxylic acids is 1. The van der Waals surface area contributed by atoms with Gasteiger partial charge in [-0.25, -0.2) is 4.79 Å². The van der Waals surface area contributed by atoms with E-state index < -0.39 is 24.0 Å². The second-order valence-electron chi connectivity index (χ2n) is 7.11. The predicted octanol–water partition coefficient (Wildman–Crippen LogP) is 2.64. The highest BCUT2D eigenvalue weighted by Crippen LogP contribution is 2.09. The summed E-state index contributed by atoms with van der Waals surface area (Å²) in [6, 6.07) is 16.0. The molecule has 148 valence electrons. The van der Waals surface area contributed by atoms with Crippen molar-refractivity contribution in [1.29, 1.82) is 0 Å². The normalized spacial score (nSPS) is 12.8. The van der Waals surface area contributed by atoms with Crippen molar-refractivity contribution in [3.63, 3.8) is 0 Å². The number of carbonyl (C=O) groups is 3. The third-order valence-corrected chi connectivity index (χ3v) is 4.26. The van der Waals surface area contributed by atoms with Crippen LogP contribution in [0.15, 0.2) is 60.7 Å². The number of carboxylic acid groups (broad SMARTS) is 1. The summed E-state index contributed by atoms with van der Waals surface area (Å²) >= 11 is 0. The highest BCUT2D eigenvalue weighted by atomic mass is 16.4. The number of hydrogen-bond acceptors (Lipinski definition) is 3. The first-order valence-electron chi connectivity index (χ1n) is 9.30. The van der Waals surface area contributed by atoms with Crippen LogP contribution in [0, 0.1) is 5.92 Å². The molecule has 0 aliphatic carbocycles. The zero-order valence-electron chi connectivity index (χ0n) is 16.1. The maximum absolute atomic E-state index is 12.8. The molecule has 2 amide bonds. The Morgan fingerprint density at radius 1 is 0.857 bits per heavy atom. The lowest BCUT2D eigenvalue weighted by Crippen LogP contribution is -2.52. The largest absolute Gasteiger partial charge is 0.480 e. The summed E-state index contributed by atoms with van der Waals surface area (Å²) in [6.07, 6.45) is 0.574. The van der Waals surface area contributed by atoms with Crippen LogP contribution in [0.2, 0.25) is 0 Å². The predicted molar refractivity (Wildman–Crippen MR) is 107 cm³/mol. The molecule has 6 heteroatoms. The molecule has 0 saturated carbocycles. The van der Waals surface area contributed by atoms with Gasteiger partial charge in [0.15, 0.2) is 0 Å². The molecule has 0 saturated heterocycles. The van der Waals surface area contributed by atoms with E-state index >= 15 is 0 Å². The Kier molecular flexibility index (Phi) is 7.75. The van der Waals surface area contributed by atoms with Crippen LogP contribution in [0.25, 0.3) is 0 Å². The molecule has 0 fully saturated rings. The fourth-order valence-electron chi connectivity index (χ4n) is 2.86. The first-order valence-corrected chi connectivity index (χ1v) is 9.30. The Balaban J connectivity index is 2.17. The molecule has 2 rings (SSSR count). The zero-order valence-corrected chi connectivity index (χ0v) is 16.1. The SMILES string of the molecule is CC(C)C[C@H](N[13C](=O)[C@H](Cc1ccccc1)NC(=O)c1ccccc1)C(=O)O. The highest BCUT2D eigenvalue weighted by molar-refractivity contribution is 5.98. The van der Waals surface area contributed by atoms with Gasteiger partial charge >= 0.3 is 5.97 Å². The van der Waals surface area contributed by atoms with Gasteiger partial charge in [-0.1, -0.05) is 62.4 Å². The zero-order chi connectivity index (χ0) is 20.5. The molecular weight excluding hydrogens is 357 g/mol. The van der Waals surface area contributed by atoms with Gasteiger partial charge in [0, 0.05) is 12.0 Å². The molecule has 2 aromatic rings. The molecule has 0 radical (unpaired) electrons. The standard InChI is InChI=1S/C22H26N2O4/c1-15(2)13-19(22(27)28)24-21(26)18(14-16-9-5-3-6-10-16)23-20(25)17-11-7-4-8-12-17/h3-12,15,18-19H,13-14H2,1-2H3,(H,23,25)(H,24,26)(H,27,28)/t18-,19-/m0/s1/i21+1. The lowest BCUT2D eigenvalue weighted by Gasteiger charge is -2.22. The van der Waals surface area contributed by atoms with Crippen molar-refractivity contribution in [2.45, 2.75) is 38.8 Å². The van der Waals surface area contributed by atoms with E-state index in [2.05, 4.69) is 10.6 Å². The minimum absolute atomic E-state index is 0.105. The Bertz CT molecular complexity index is 791. The summed E-state index contributed by atoms with van der Waals surface area (Å²) in [4.78, 5) is 36.9. The van der Waals surface area contributed by atoms with Crippen LogP contribution < -0.4 is 10.6 Å². The number of hydrogen-bond donors (Lipinski definition) is 3. The summed E-state index contributed by atoms with van der Waals surface area (Å²) in [5, 5.41) is 14.7. The fourth-order valence-corrected chi connectivity index (χ4v) is 2.86. The fraction of sp³-hybridized carbons (Fsp3) is 0.318. The van der Waals surface area contributed by atoms with E-state index in [0.29, 0.717) is 12.0 Å². The quantitative estimate of drug-likeness (QED) is 0.580. The van der Waals surface area contributed by atoms with Crippen LogP contribution in [0.5, 0.6) is 0 Å². The molecule has 0 unspecified atom stereocenters. The van der Waals surface area contributed by atoms with Crippen LogP contribution in [-0.2, 0) is 16.0 Å². The van der Waals surface area contributed by atoms with Gasteiger partial charge in [0.05, 0.1) is 0 Å². The topological polar surface area (TPSA) is 95.5 Å². The average Bonchev–Trinajstić information content (AvgIpc) is 2.68. The van der Waals surface area contributed by atoms with Gasteiger partial charge in [-0.3, -0.25) is 9.59 Å². The molecule has 2 atom stereocenters. The van der Waals surface area contributed by atoms with Crippen molar-refractivity contribution in [3.8, 4) is 0 Å². The number of aliphatic carboxylic acids is 1. The van der Waals surface area contributed by atoms with E-state index in [9.17, 15) is 19.5 Å². The van der Waals surface area contributed by atoms with Crippen molar-refractivity contribution in [3.05, 3.63) is 71.8 Å². The maximum atomic E-state index is 12.8. The van der Waals surface area contributed by atoms with Gasteiger partial charge in [-0.05, 0) is 30.0 Å². The average molecular weight is 383 g/mol. The van der Waals surface area contributed by atoms with Gasteiger partial charge in [0.1, 0.15) is 12.1 Å². The molecule has 0 aromatic heterocycles. The van der Waals surface area contributed by atoms with Crippen LogP contribution >= 0.6 is 0 Å². The van der Waals surface area contributed by atoms with E-state index in [1.807, 2.05) is 44.2 Å². The number of rotatable bonds is 9. The van der Waals surface area contributed by atoms with Crippen molar-refractivity contribution in [2.75, 3.05) is 0 Å². The summed E-state index contributed by atoms with van der Waals surface area (Å²) in [5.74, 6) is -1.88. The van der Waals surface area contributed by atoms with Crippen molar-refractivity contribution < 1.29 is 19.5 Å². The number of nitrogens with one attached hydrogen (secondary N) is 2. The minimum Gasteiger partial charge on any atom is -0.480 e. The Labute approximate surface area is 165 Å². The van der Waals surface area contributed by atoms with E-state index in [4.69, 9.17) is 0 Å².